The van der Waals surface area contributed by atoms with Gasteiger partial charge in [-0.05, 0) is 68.9 Å². The van der Waals surface area contributed by atoms with E-state index in [0.29, 0.717) is 25.8 Å². The third-order valence-electron chi connectivity index (χ3n) is 9.49. The number of hydrogen-bond donors (Lipinski definition) is 1. The Kier molecular flexibility index (Phi) is 6.79. The molecular weight excluding hydrogens is 515 g/mol. The van der Waals surface area contributed by atoms with E-state index in [9.17, 15) is 22.4 Å². The van der Waals surface area contributed by atoms with Crippen molar-refractivity contribution in [1.29, 1.82) is 0 Å². The van der Waals surface area contributed by atoms with Crippen molar-refractivity contribution >= 4 is 5.91 Å². The van der Waals surface area contributed by atoms with Crippen LogP contribution in [0.5, 0.6) is 0 Å². The number of piperidine rings is 1. The number of hydrogen-bond acceptors (Lipinski definition) is 3. The first-order valence-electron chi connectivity index (χ1n) is 13.4. The zero-order valence-corrected chi connectivity index (χ0v) is 21.4. The normalized spacial score (nSPS) is 33.4. The number of likely N-dealkylation sites (tertiary alicyclic amines) is 1. The fraction of sp³-hybridized carbons (Fsp3) is 0.778. The maximum absolute atomic E-state index is 15.5. The van der Waals surface area contributed by atoms with Gasteiger partial charge in [-0.15, -0.1) is 0 Å². The smallest absolute Gasteiger partial charge is 0.342 e. The Balaban J connectivity index is 1.24. The number of nitrogens with zero attached hydrogens (tertiary/aromatic N) is 2. The molecule has 2 heterocycles. The van der Waals surface area contributed by atoms with E-state index in [-0.39, 0.29) is 63.1 Å². The summed E-state index contributed by atoms with van der Waals surface area (Å²) in [5, 5.41) is 3.08. The molecule has 4 bridgehead atoms. The molecule has 1 saturated heterocycles. The van der Waals surface area contributed by atoms with Crippen LogP contribution in [0.2, 0.25) is 0 Å². The molecule has 4 aliphatic carbocycles. The van der Waals surface area contributed by atoms with E-state index in [1.807, 2.05) is 19.1 Å². The summed E-state index contributed by atoms with van der Waals surface area (Å²) in [6, 6.07) is 3.77. The first kappa shape index (κ1) is 27.6. The molecule has 4 saturated carbocycles. The third kappa shape index (κ3) is 4.81. The molecule has 5 fully saturated rings. The summed E-state index contributed by atoms with van der Waals surface area (Å²) in [5.74, 6) is -5.66. The summed E-state index contributed by atoms with van der Waals surface area (Å²) in [6.07, 6.45) is -7.69. The molecular formula is C27H34F7N3O. The SMILES string of the molecule is Cc1ccc(CNCC2(F)CCN(C(=O)C34C[C@H]5C[C@@H](C3)CC(C(F)(F)C(F)C(F)(F)F)(C5)C4)CC2)nc1. The molecule has 0 aromatic carbocycles. The molecule has 6 rings (SSSR count). The molecule has 0 spiro atoms. The number of aromatic nitrogens is 1. The van der Waals surface area contributed by atoms with Gasteiger partial charge in [0.15, 0.2) is 0 Å². The lowest BCUT2D eigenvalue weighted by atomic mass is 9.42. The van der Waals surface area contributed by atoms with E-state index < -0.39 is 41.2 Å². The van der Waals surface area contributed by atoms with Gasteiger partial charge in [0.2, 0.25) is 5.91 Å². The second-order valence-electron chi connectivity index (χ2n) is 12.4. The van der Waals surface area contributed by atoms with E-state index in [0.717, 1.165) is 11.3 Å². The standard InChI is InChI=1S/C27H34F7N3O/c1-17-2-3-20(36-13-17)14-35-16-25(29)4-6-37(7-5-25)22(38)23-9-18-8-19(10-23)12-24(11-18,15-23)26(30,31)21(28)27(32,33)34/h2-3,13,18-19,21,35H,4-12,14-16H2,1H3/t18-,19+,21?,23?,24?. The van der Waals surface area contributed by atoms with Gasteiger partial charge in [-0.1, -0.05) is 6.07 Å². The molecule has 38 heavy (non-hydrogen) atoms. The molecule has 4 nitrogen and oxygen atoms in total. The van der Waals surface area contributed by atoms with Gasteiger partial charge >= 0.3 is 6.18 Å². The van der Waals surface area contributed by atoms with E-state index in [2.05, 4.69) is 10.3 Å². The number of carbonyl (C=O) groups is 1. The van der Waals surface area contributed by atoms with Gasteiger partial charge in [0.1, 0.15) is 5.67 Å². The zero-order chi connectivity index (χ0) is 27.6. The lowest BCUT2D eigenvalue weighted by Gasteiger charge is -2.63. The number of amides is 1. The molecule has 1 aliphatic heterocycles. The second kappa shape index (κ2) is 9.34. The van der Waals surface area contributed by atoms with Crippen molar-refractivity contribution in [3.8, 4) is 0 Å². The summed E-state index contributed by atoms with van der Waals surface area (Å²) >= 11 is 0. The number of pyridine rings is 1. The van der Waals surface area contributed by atoms with Gasteiger partial charge in [0.25, 0.3) is 12.1 Å². The van der Waals surface area contributed by atoms with Crippen LogP contribution in [0, 0.1) is 29.6 Å². The molecule has 1 aromatic heterocycles. The minimum Gasteiger partial charge on any atom is -0.342 e. The number of rotatable bonds is 7. The number of halogens is 7. The first-order valence-corrected chi connectivity index (χ1v) is 13.4. The Morgan fingerprint density at radius 1 is 1.11 bits per heavy atom. The van der Waals surface area contributed by atoms with Crippen molar-refractivity contribution in [2.75, 3.05) is 19.6 Å². The number of alkyl halides is 7. The van der Waals surface area contributed by atoms with Gasteiger partial charge in [0.05, 0.1) is 11.1 Å². The predicted molar refractivity (Wildman–Crippen MR) is 126 cm³/mol. The Morgan fingerprint density at radius 3 is 2.29 bits per heavy atom. The minimum atomic E-state index is -5.68. The van der Waals surface area contributed by atoms with Crippen LogP contribution in [0.15, 0.2) is 18.3 Å². The fourth-order valence-electron chi connectivity index (χ4n) is 8.02. The van der Waals surface area contributed by atoms with Crippen LogP contribution in [-0.4, -0.2) is 59.4 Å². The molecule has 5 atom stereocenters. The van der Waals surface area contributed by atoms with Crippen molar-refractivity contribution in [3.05, 3.63) is 29.6 Å². The van der Waals surface area contributed by atoms with Crippen LogP contribution < -0.4 is 5.32 Å². The minimum absolute atomic E-state index is 0.0674. The van der Waals surface area contributed by atoms with Crippen LogP contribution in [0.4, 0.5) is 30.7 Å². The van der Waals surface area contributed by atoms with Gasteiger partial charge in [-0.3, -0.25) is 9.78 Å². The quantitative estimate of drug-likeness (QED) is 0.429. The Morgan fingerprint density at radius 2 is 1.74 bits per heavy atom. The highest BCUT2D eigenvalue weighted by Crippen LogP contribution is 2.70. The highest BCUT2D eigenvalue weighted by atomic mass is 19.4. The maximum atomic E-state index is 15.5. The summed E-state index contributed by atoms with van der Waals surface area (Å²) in [5.41, 5.74) is -3.17. The fourth-order valence-corrected chi connectivity index (χ4v) is 8.02. The first-order chi connectivity index (χ1) is 17.7. The van der Waals surface area contributed by atoms with Crippen molar-refractivity contribution < 1.29 is 35.5 Å². The van der Waals surface area contributed by atoms with Crippen LogP contribution in [0.25, 0.3) is 0 Å². The lowest BCUT2D eigenvalue weighted by molar-refractivity contribution is -0.306. The average molecular weight is 550 g/mol. The van der Waals surface area contributed by atoms with Gasteiger partial charge in [0, 0.05) is 50.6 Å². The molecule has 1 amide bonds. The maximum Gasteiger partial charge on any atom is 0.425 e. The molecule has 212 valence electrons. The predicted octanol–water partition coefficient (Wildman–Crippen LogP) is 5.93. The van der Waals surface area contributed by atoms with Crippen molar-refractivity contribution in [2.24, 2.45) is 22.7 Å². The van der Waals surface area contributed by atoms with Crippen LogP contribution >= 0.6 is 0 Å². The zero-order valence-electron chi connectivity index (χ0n) is 21.4. The summed E-state index contributed by atoms with van der Waals surface area (Å²) in [4.78, 5) is 19.5. The Hall–Kier alpha value is -1.91. The van der Waals surface area contributed by atoms with Gasteiger partial charge in [-0.2, -0.15) is 13.2 Å². The largest absolute Gasteiger partial charge is 0.425 e. The molecule has 3 unspecified atom stereocenters. The number of carbonyl (C=O) groups excluding carboxylic acids is 1. The lowest BCUT2D eigenvalue weighted by Crippen LogP contribution is -2.66. The summed E-state index contributed by atoms with van der Waals surface area (Å²) in [6.45, 7) is 2.60. The third-order valence-corrected chi connectivity index (χ3v) is 9.49. The van der Waals surface area contributed by atoms with Gasteiger partial charge in [-0.25, -0.2) is 17.6 Å². The summed E-state index contributed by atoms with van der Waals surface area (Å²) < 4.78 is 99.3. The van der Waals surface area contributed by atoms with Crippen molar-refractivity contribution in [1.82, 2.24) is 15.2 Å². The van der Waals surface area contributed by atoms with Crippen molar-refractivity contribution in [3.63, 3.8) is 0 Å². The van der Waals surface area contributed by atoms with E-state index in [1.165, 1.54) is 4.90 Å². The monoisotopic (exact) mass is 549 g/mol. The van der Waals surface area contributed by atoms with Crippen LogP contribution in [0.3, 0.4) is 0 Å². The van der Waals surface area contributed by atoms with E-state index >= 15 is 13.2 Å². The van der Waals surface area contributed by atoms with Crippen LogP contribution in [0.1, 0.15) is 62.6 Å². The molecule has 0 radical (unpaired) electrons. The number of nitrogens with one attached hydrogen (secondary N) is 1. The van der Waals surface area contributed by atoms with E-state index in [1.54, 1.807) is 6.20 Å². The summed E-state index contributed by atoms with van der Waals surface area (Å²) in [7, 11) is 0. The van der Waals surface area contributed by atoms with Crippen molar-refractivity contribution in [2.45, 2.75) is 88.8 Å². The molecule has 1 aromatic rings. The molecule has 1 N–H and O–H groups in total. The Bertz CT molecular complexity index is 1020. The second-order valence-corrected chi connectivity index (χ2v) is 12.4. The van der Waals surface area contributed by atoms with E-state index in [4.69, 9.17) is 0 Å². The van der Waals surface area contributed by atoms with Crippen LogP contribution in [-0.2, 0) is 11.3 Å². The average Bonchev–Trinajstić information content (AvgIpc) is 2.83. The molecule has 5 aliphatic rings. The van der Waals surface area contributed by atoms with Gasteiger partial charge < -0.3 is 10.2 Å². The number of aryl methyl sites for hydroxylation is 1. The highest BCUT2D eigenvalue weighted by Gasteiger charge is 2.74. The topological polar surface area (TPSA) is 45.2 Å². The highest BCUT2D eigenvalue weighted by molar-refractivity contribution is 5.83. The Labute approximate surface area is 217 Å². The molecule has 11 heteroatoms.